The number of rotatable bonds is 3. The van der Waals surface area contributed by atoms with Gasteiger partial charge in [0, 0.05) is 19.4 Å². The lowest BCUT2D eigenvalue weighted by Gasteiger charge is -2.14. The fourth-order valence-corrected chi connectivity index (χ4v) is 1.10. The Kier molecular flexibility index (Phi) is 3.47. The second-order valence-corrected chi connectivity index (χ2v) is 3.24. The molecule has 2 N–H and O–H groups in total. The number of nitrogens with two attached hydrogens (primary N) is 1. The molecule has 1 rings (SSSR count). The van der Waals surface area contributed by atoms with Crippen LogP contribution in [-0.4, -0.2) is 39.4 Å². The first kappa shape index (κ1) is 10.5. The van der Waals surface area contributed by atoms with Crippen molar-refractivity contribution in [1.82, 2.24) is 14.9 Å². The molecule has 0 atom stereocenters. The largest absolute Gasteiger partial charge is 0.392 e. The van der Waals surface area contributed by atoms with Gasteiger partial charge in [-0.25, -0.2) is 4.98 Å². The van der Waals surface area contributed by atoms with Crippen LogP contribution in [0.4, 0.5) is 0 Å². The highest BCUT2D eigenvalue weighted by atomic mass is 32.1. The summed E-state index contributed by atoms with van der Waals surface area (Å²) in [5.74, 6) is -0.245. The quantitative estimate of drug-likeness (QED) is 0.701. The van der Waals surface area contributed by atoms with Crippen LogP contribution in [0.3, 0.4) is 0 Å². The van der Waals surface area contributed by atoms with Gasteiger partial charge in [0.05, 0.1) is 17.7 Å². The summed E-state index contributed by atoms with van der Waals surface area (Å²) in [7, 11) is 1.61. The zero-order chi connectivity index (χ0) is 10.6. The van der Waals surface area contributed by atoms with Crippen LogP contribution in [0.2, 0.25) is 0 Å². The molecule has 1 aromatic rings. The number of thiocarbonyl (C=S) groups is 1. The normalized spacial score (nSPS) is 9.50. The lowest BCUT2D eigenvalue weighted by molar-refractivity contribution is 0.0809. The highest BCUT2D eigenvalue weighted by Gasteiger charge is 2.12. The summed E-state index contributed by atoms with van der Waals surface area (Å²) in [5, 5.41) is 0. The lowest BCUT2D eigenvalue weighted by Crippen LogP contribution is -2.34. The Hall–Kier alpha value is -1.56. The molecule has 1 aromatic heterocycles. The first-order valence-corrected chi connectivity index (χ1v) is 4.32. The van der Waals surface area contributed by atoms with Crippen LogP contribution in [-0.2, 0) is 0 Å². The second-order valence-electron chi connectivity index (χ2n) is 2.72. The van der Waals surface area contributed by atoms with E-state index in [1.54, 1.807) is 7.05 Å². The SMILES string of the molecule is CN(CC(N)=S)C(=O)c1cnccn1. The van der Waals surface area contributed by atoms with Gasteiger partial charge in [-0.05, 0) is 0 Å². The predicted molar refractivity (Wildman–Crippen MR) is 55.8 cm³/mol. The van der Waals surface area contributed by atoms with Crippen LogP contribution < -0.4 is 5.73 Å². The molecule has 1 heterocycles. The van der Waals surface area contributed by atoms with E-state index in [2.05, 4.69) is 22.2 Å². The summed E-state index contributed by atoms with van der Waals surface area (Å²) in [5.41, 5.74) is 5.59. The number of carbonyl (C=O) groups excluding carboxylic acids is 1. The Morgan fingerprint density at radius 1 is 1.64 bits per heavy atom. The van der Waals surface area contributed by atoms with E-state index in [0.717, 1.165) is 0 Å². The minimum Gasteiger partial charge on any atom is -0.392 e. The Labute approximate surface area is 87.0 Å². The molecule has 0 saturated carbocycles. The zero-order valence-electron chi connectivity index (χ0n) is 7.67. The standard InChI is InChI=1S/C8H10N4OS/c1-12(5-7(9)14)8(13)6-4-10-2-3-11-6/h2-4H,5H2,1H3,(H2,9,14). The van der Waals surface area contributed by atoms with Gasteiger partial charge in [0.15, 0.2) is 0 Å². The van der Waals surface area contributed by atoms with Crippen LogP contribution in [0.15, 0.2) is 18.6 Å². The molecule has 6 heteroatoms. The highest BCUT2D eigenvalue weighted by Crippen LogP contribution is 1.96. The maximum atomic E-state index is 11.6. The van der Waals surface area contributed by atoms with Crippen molar-refractivity contribution >= 4 is 23.1 Å². The Bertz CT molecular complexity index is 340. The molecule has 0 bridgehead atoms. The Morgan fingerprint density at radius 2 is 2.36 bits per heavy atom. The fraction of sp³-hybridized carbons (Fsp3) is 0.250. The van der Waals surface area contributed by atoms with E-state index in [1.807, 2.05) is 0 Å². The van der Waals surface area contributed by atoms with Crippen LogP contribution >= 0.6 is 12.2 Å². The molecular weight excluding hydrogens is 200 g/mol. The van der Waals surface area contributed by atoms with E-state index >= 15 is 0 Å². The van der Waals surface area contributed by atoms with Gasteiger partial charge >= 0.3 is 0 Å². The molecule has 0 aliphatic carbocycles. The number of carbonyl (C=O) groups is 1. The lowest BCUT2D eigenvalue weighted by atomic mass is 10.4. The molecule has 0 aromatic carbocycles. The maximum absolute atomic E-state index is 11.6. The molecule has 5 nitrogen and oxygen atoms in total. The molecule has 0 saturated heterocycles. The van der Waals surface area contributed by atoms with Crippen molar-refractivity contribution < 1.29 is 4.79 Å². The molecular formula is C8H10N4OS. The van der Waals surface area contributed by atoms with Gasteiger partial charge in [0.1, 0.15) is 5.69 Å². The van der Waals surface area contributed by atoms with Crippen molar-refractivity contribution in [3.8, 4) is 0 Å². The second kappa shape index (κ2) is 4.61. The number of amides is 1. The highest BCUT2D eigenvalue weighted by molar-refractivity contribution is 7.80. The van der Waals surface area contributed by atoms with Crippen molar-refractivity contribution in [2.75, 3.05) is 13.6 Å². The number of likely N-dealkylation sites (N-methyl/N-ethyl adjacent to an activating group) is 1. The molecule has 0 radical (unpaired) electrons. The minimum absolute atomic E-state index is 0.241. The molecule has 74 valence electrons. The average Bonchev–Trinajstić information content (AvgIpc) is 2.17. The molecule has 0 aliphatic heterocycles. The van der Waals surface area contributed by atoms with Crippen molar-refractivity contribution in [3.05, 3.63) is 24.3 Å². The molecule has 0 spiro atoms. The van der Waals surface area contributed by atoms with Crippen molar-refractivity contribution in [1.29, 1.82) is 0 Å². The molecule has 14 heavy (non-hydrogen) atoms. The van der Waals surface area contributed by atoms with Gasteiger partial charge in [-0.3, -0.25) is 9.78 Å². The van der Waals surface area contributed by atoms with Gasteiger partial charge in [-0.2, -0.15) is 0 Å². The fourth-order valence-electron chi connectivity index (χ4n) is 0.911. The van der Waals surface area contributed by atoms with E-state index in [-0.39, 0.29) is 23.1 Å². The summed E-state index contributed by atoms with van der Waals surface area (Å²) in [6.07, 6.45) is 4.37. The minimum atomic E-state index is -0.245. The van der Waals surface area contributed by atoms with Crippen LogP contribution in [0.25, 0.3) is 0 Å². The number of hydrogen-bond donors (Lipinski definition) is 1. The first-order chi connectivity index (χ1) is 6.61. The van der Waals surface area contributed by atoms with Crippen LogP contribution in [0, 0.1) is 0 Å². The van der Waals surface area contributed by atoms with E-state index in [9.17, 15) is 4.79 Å². The van der Waals surface area contributed by atoms with Crippen LogP contribution in [0.1, 0.15) is 10.5 Å². The monoisotopic (exact) mass is 210 g/mol. The van der Waals surface area contributed by atoms with Crippen molar-refractivity contribution in [2.24, 2.45) is 5.73 Å². The Balaban J connectivity index is 2.71. The zero-order valence-corrected chi connectivity index (χ0v) is 8.49. The van der Waals surface area contributed by atoms with Crippen LogP contribution in [0.5, 0.6) is 0 Å². The summed E-state index contributed by atoms with van der Waals surface area (Å²) in [4.78, 5) is 20.9. The summed E-state index contributed by atoms with van der Waals surface area (Å²) >= 11 is 4.69. The predicted octanol–water partition coefficient (Wildman–Crippen LogP) is -0.165. The third kappa shape index (κ3) is 2.74. The van der Waals surface area contributed by atoms with E-state index < -0.39 is 0 Å². The van der Waals surface area contributed by atoms with Gasteiger partial charge in [0.2, 0.25) is 0 Å². The topological polar surface area (TPSA) is 72.1 Å². The third-order valence-corrected chi connectivity index (χ3v) is 1.65. The van der Waals surface area contributed by atoms with E-state index in [4.69, 9.17) is 5.73 Å². The molecule has 1 amide bonds. The van der Waals surface area contributed by atoms with E-state index in [0.29, 0.717) is 0 Å². The summed E-state index contributed by atoms with van der Waals surface area (Å²) < 4.78 is 0. The summed E-state index contributed by atoms with van der Waals surface area (Å²) in [6.45, 7) is 0.241. The van der Waals surface area contributed by atoms with Gasteiger partial charge in [-0.15, -0.1) is 0 Å². The smallest absolute Gasteiger partial charge is 0.274 e. The molecule has 0 aliphatic rings. The van der Waals surface area contributed by atoms with Gasteiger partial charge in [-0.1, -0.05) is 12.2 Å². The van der Waals surface area contributed by atoms with Gasteiger partial charge in [0.25, 0.3) is 5.91 Å². The average molecular weight is 210 g/mol. The number of aromatic nitrogens is 2. The molecule has 0 fully saturated rings. The van der Waals surface area contributed by atoms with Crippen molar-refractivity contribution in [3.63, 3.8) is 0 Å². The van der Waals surface area contributed by atoms with Crippen molar-refractivity contribution in [2.45, 2.75) is 0 Å². The third-order valence-electron chi connectivity index (χ3n) is 1.52. The maximum Gasteiger partial charge on any atom is 0.274 e. The molecule has 0 unspecified atom stereocenters. The summed E-state index contributed by atoms with van der Waals surface area (Å²) in [6, 6.07) is 0. The first-order valence-electron chi connectivity index (χ1n) is 3.91. The van der Waals surface area contributed by atoms with Gasteiger partial charge < -0.3 is 10.6 Å². The number of hydrogen-bond acceptors (Lipinski definition) is 4. The van der Waals surface area contributed by atoms with E-state index in [1.165, 1.54) is 23.5 Å². The Morgan fingerprint density at radius 3 is 2.86 bits per heavy atom. The number of nitrogens with zero attached hydrogens (tertiary/aromatic N) is 3.